The average Bonchev–Trinajstić information content (AvgIpc) is 3.63. The van der Waals surface area contributed by atoms with Crippen LogP contribution in [-0.4, -0.2) is 44.7 Å². The summed E-state index contributed by atoms with van der Waals surface area (Å²) < 4.78 is 7.61. The van der Waals surface area contributed by atoms with Crippen LogP contribution in [0.1, 0.15) is 92.9 Å². The minimum absolute atomic E-state index is 0.0873. The van der Waals surface area contributed by atoms with E-state index in [4.69, 9.17) is 9.84 Å². The molecule has 1 atom stereocenters. The number of nitrogens with zero attached hydrogens (tertiary/aromatic N) is 3. The van der Waals surface area contributed by atoms with Crippen molar-refractivity contribution in [1.82, 2.24) is 20.0 Å². The lowest BCUT2D eigenvalue weighted by molar-refractivity contribution is -0.134. The topological polar surface area (TPSA) is 76.5 Å². The number of para-hydroxylation sites is 1. The molecule has 2 fully saturated rings. The lowest BCUT2D eigenvalue weighted by Gasteiger charge is -2.44. The van der Waals surface area contributed by atoms with Gasteiger partial charge in [-0.05, 0) is 51.7 Å². The highest BCUT2D eigenvalue weighted by atomic mass is 16.5. The van der Waals surface area contributed by atoms with Gasteiger partial charge < -0.3 is 15.0 Å². The Labute approximate surface area is 201 Å². The van der Waals surface area contributed by atoms with E-state index in [1.807, 2.05) is 44.2 Å². The first-order valence-corrected chi connectivity index (χ1v) is 12.9. The molecule has 1 aromatic heterocycles. The van der Waals surface area contributed by atoms with Gasteiger partial charge in [-0.3, -0.25) is 14.3 Å². The van der Waals surface area contributed by atoms with Gasteiger partial charge in [0.15, 0.2) is 0 Å². The van der Waals surface area contributed by atoms with E-state index in [9.17, 15) is 9.59 Å². The molecule has 34 heavy (non-hydrogen) atoms. The fourth-order valence-corrected chi connectivity index (χ4v) is 5.35. The Bertz CT molecular complexity index is 1050. The highest BCUT2D eigenvalue weighted by Crippen LogP contribution is 2.41. The number of hydrogen-bond acceptors (Lipinski definition) is 4. The average molecular weight is 465 g/mol. The molecule has 2 aliphatic carbocycles. The summed E-state index contributed by atoms with van der Waals surface area (Å²) in [5, 5.41) is 8.07. The molecule has 1 N–H and O–H groups in total. The molecule has 0 saturated heterocycles. The fraction of sp³-hybridized carbons (Fsp3) is 0.593. The maximum atomic E-state index is 13.9. The summed E-state index contributed by atoms with van der Waals surface area (Å²) in [4.78, 5) is 29.4. The van der Waals surface area contributed by atoms with Crippen LogP contribution >= 0.6 is 0 Å². The molecule has 2 heterocycles. The van der Waals surface area contributed by atoms with Gasteiger partial charge in [-0.2, -0.15) is 5.10 Å². The number of carbonyl (C=O) groups excluding carboxylic acids is 2. The molecule has 5 rings (SSSR count). The molecular weight excluding hydrogens is 428 g/mol. The zero-order valence-corrected chi connectivity index (χ0v) is 20.4. The van der Waals surface area contributed by atoms with Gasteiger partial charge in [-0.15, -0.1) is 0 Å². The number of ether oxygens (including phenoxy) is 1. The standard InChI is InChI=1S/C27H36N4O3/c1-3-34-24-13-9-8-10-20(24)17-30-25(32)23-16-22(19-14-15-19)29-31(23)18-27(30,2)26(33)28-21-11-6-4-5-7-12-21/h8-10,13,16,19,21H,3-7,11-12,14-15,17-18H2,1-2H3,(H,28,33)/t27-/m0/s1. The zero-order chi connectivity index (χ0) is 23.7. The summed E-state index contributed by atoms with van der Waals surface area (Å²) in [7, 11) is 0. The molecule has 0 bridgehead atoms. The van der Waals surface area contributed by atoms with Crippen molar-refractivity contribution in [2.24, 2.45) is 0 Å². The molecule has 3 aliphatic rings. The normalized spacial score (nSPS) is 23.4. The summed E-state index contributed by atoms with van der Waals surface area (Å²) in [5.74, 6) is 0.970. The van der Waals surface area contributed by atoms with Gasteiger partial charge in [0, 0.05) is 17.5 Å². The van der Waals surface area contributed by atoms with E-state index in [1.165, 1.54) is 12.8 Å². The molecule has 7 nitrogen and oxygen atoms in total. The fourth-order valence-electron chi connectivity index (χ4n) is 5.35. The third kappa shape index (κ3) is 4.44. The molecule has 1 aliphatic heterocycles. The number of rotatable bonds is 7. The van der Waals surface area contributed by atoms with Gasteiger partial charge >= 0.3 is 0 Å². The van der Waals surface area contributed by atoms with Gasteiger partial charge in [-0.1, -0.05) is 43.9 Å². The number of benzene rings is 1. The van der Waals surface area contributed by atoms with Crippen LogP contribution in [0.3, 0.4) is 0 Å². The molecular formula is C27H36N4O3. The zero-order valence-electron chi connectivity index (χ0n) is 20.4. The third-order valence-electron chi connectivity index (χ3n) is 7.59. The maximum Gasteiger partial charge on any atom is 0.273 e. The summed E-state index contributed by atoms with van der Waals surface area (Å²) in [6.07, 6.45) is 8.97. The Hall–Kier alpha value is -2.83. The van der Waals surface area contributed by atoms with E-state index >= 15 is 0 Å². The largest absolute Gasteiger partial charge is 0.494 e. The molecule has 0 unspecified atom stereocenters. The van der Waals surface area contributed by atoms with E-state index < -0.39 is 5.54 Å². The van der Waals surface area contributed by atoms with Crippen molar-refractivity contribution >= 4 is 11.8 Å². The van der Waals surface area contributed by atoms with Crippen LogP contribution in [0.15, 0.2) is 30.3 Å². The summed E-state index contributed by atoms with van der Waals surface area (Å²) in [5.41, 5.74) is 1.42. The maximum absolute atomic E-state index is 13.9. The Morgan fingerprint density at radius 2 is 1.88 bits per heavy atom. The third-order valence-corrected chi connectivity index (χ3v) is 7.59. The molecule has 1 aromatic carbocycles. The lowest BCUT2D eigenvalue weighted by Crippen LogP contribution is -2.64. The van der Waals surface area contributed by atoms with Crippen molar-refractivity contribution in [2.45, 2.75) is 95.8 Å². The van der Waals surface area contributed by atoms with E-state index in [0.717, 1.165) is 55.5 Å². The molecule has 2 saturated carbocycles. The second-order valence-corrected chi connectivity index (χ2v) is 10.3. The second kappa shape index (κ2) is 9.43. The minimum Gasteiger partial charge on any atom is -0.494 e. The minimum atomic E-state index is -1.04. The molecule has 2 amide bonds. The first-order chi connectivity index (χ1) is 16.5. The lowest BCUT2D eigenvalue weighted by atomic mass is 9.93. The molecule has 7 heteroatoms. The predicted octanol–water partition coefficient (Wildman–Crippen LogP) is 4.41. The quantitative estimate of drug-likeness (QED) is 0.616. The van der Waals surface area contributed by atoms with Gasteiger partial charge in [0.05, 0.1) is 25.4 Å². The predicted molar refractivity (Wildman–Crippen MR) is 130 cm³/mol. The van der Waals surface area contributed by atoms with Crippen molar-refractivity contribution in [1.29, 1.82) is 0 Å². The summed E-state index contributed by atoms with van der Waals surface area (Å²) in [6.45, 7) is 5.05. The summed E-state index contributed by atoms with van der Waals surface area (Å²) >= 11 is 0. The van der Waals surface area contributed by atoms with Gasteiger partial charge in [-0.25, -0.2) is 0 Å². The van der Waals surface area contributed by atoms with Gasteiger partial charge in [0.25, 0.3) is 5.91 Å². The van der Waals surface area contributed by atoms with Crippen LogP contribution in [0.25, 0.3) is 0 Å². The SMILES string of the molecule is CCOc1ccccc1CN1C(=O)c2cc(C3CC3)nn2C[C@@]1(C)C(=O)NC1CCCCCC1. The Balaban J connectivity index is 1.48. The summed E-state index contributed by atoms with van der Waals surface area (Å²) in [6, 6.07) is 9.88. The second-order valence-electron chi connectivity index (χ2n) is 10.3. The van der Waals surface area contributed by atoms with Crippen LogP contribution in [0.2, 0.25) is 0 Å². The molecule has 182 valence electrons. The highest BCUT2D eigenvalue weighted by molar-refractivity contribution is 5.99. The van der Waals surface area contributed by atoms with Crippen molar-refractivity contribution < 1.29 is 14.3 Å². The molecule has 0 radical (unpaired) electrons. The number of hydrogen-bond donors (Lipinski definition) is 1. The molecule has 0 spiro atoms. The number of fused-ring (bicyclic) bond motifs is 1. The van der Waals surface area contributed by atoms with Crippen molar-refractivity contribution in [3.63, 3.8) is 0 Å². The van der Waals surface area contributed by atoms with Crippen LogP contribution in [-0.2, 0) is 17.9 Å². The van der Waals surface area contributed by atoms with Crippen LogP contribution in [0, 0.1) is 0 Å². The smallest absolute Gasteiger partial charge is 0.273 e. The van der Waals surface area contributed by atoms with Crippen molar-refractivity contribution in [3.8, 4) is 5.75 Å². The molecule has 2 aromatic rings. The number of carbonyl (C=O) groups is 2. The number of aromatic nitrogens is 2. The van der Waals surface area contributed by atoms with E-state index in [1.54, 1.807) is 9.58 Å². The van der Waals surface area contributed by atoms with Crippen LogP contribution in [0.4, 0.5) is 0 Å². The Morgan fingerprint density at radius 1 is 1.15 bits per heavy atom. The van der Waals surface area contributed by atoms with Gasteiger partial charge in [0.1, 0.15) is 17.0 Å². The van der Waals surface area contributed by atoms with Crippen LogP contribution < -0.4 is 10.1 Å². The van der Waals surface area contributed by atoms with E-state index in [0.29, 0.717) is 31.3 Å². The highest BCUT2D eigenvalue weighted by Gasteiger charge is 2.49. The van der Waals surface area contributed by atoms with Gasteiger partial charge in [0.2, 0.25) is 5.91 Å². The van der Waals surface area contributed by atoms with Crippen molar-refractivity contribution in [2.75, 3.05) is 6.61 Å². The number of amides is 2. The Morgan fingerprint density at radius 3 is 2.59 bits per heavy atom. The first kappa shape index (κ1) is 22.9. The van der Waals surface area contributed by atoms with E-state index in [2.05, 4.69) is 5.32 Å². The Kier molecular flexibility index (Phi) is 6.36. The van der Waals surface area contributed by atoms with E-state index in [-0.39, 0.29) is 17.9 Å². The number of nitrogens with one attached hydrogen (secondary N) is 1. The first-order valence-electron chi connectivity index (χ1n) is 12.9. The monoisotopic (exact) mass is 464 g/mol. The van der Waals surface area contributed by atoms with Crippen molar-refractivity contribution in [3.05, 3.63) is 47.3 Å². The van der Waals surface area contributed by atoms with Crippen LogP contribution in [0.5, 0.6) is 5.75 Å².